The fraction of sp³-hybridized carbons (Fsp3) is 0.632. The molecule has 2 N–H and O–H groups in total. The van der Waals surface area contributed by atoms with Crippen LogP contribution >= 0.6 is 0 Å². The minimum atomic E-state index is -4.89. The first-order valence-electron chi connectivity index (χ1n) is 9.52. The highest BCUT2D eigenvalue weighted by Gasteiger charge is 2.47. The fourth-order valence-electron chi connectivity index (χ4n) is 4.15. The van der Waals surface area contributed by atoms with Crippen molar-refractivity contribution < 1.29 is 31.1 Å². The van der Waals surface area contributed by atoms with Gasteiger partial charge in [-0.05, 0) is 25.0 Å². The third-order valence-corrected chi connectivity index (χ3v) is 5.82. The Balaban J connectivity index is 1.81. The number of piperazine rings is 1. The number of carbonyl (C=O) groups is 1. The summed E-state index contributed by atoms with van der Waals surface area (Å²) in [5.74, 6) is -5.26. The maximum atomic E-state index is 14.1. The molecule has 10 heteroatoms. The number of alkyl halides is 5. The van der Waals surface area contributed by atoms with Crippen LogP contribution in [0.15, 0.2) is 18.2 Å². The number of hydrogen-bond donors (Lipinski definition) is 2. The van der Waals surface area contributed by atoms with Gasteiger partial charge in [0.05, 0.1) is 11.1 Å². The van der Waals surface area contributed by atoms with E-state index < -0.39 is 40.5 Å². The van der Waals surface area contributed by atoms with Crippen LogP contribution in [-0.2, 0) is 6.18 Å². The minimum absolute atomic E-state index is 0.101. The average Bonchev–Trinajstić information content (AvgIpc) is 2.67. The van der Waals surface area contributed by atoms with E-state index in [4.69, 9.17) is 0 Å². The second-order valence-corrected chi connectivity index (χ2v) is 7.66. The molecule has 1 aromatic rings. The Kier molecular flexibility index (Phi) is 6.14. The van der Waals surface area contributed by atoms with Crippen LogP contribution in [0.3, 0.4) is 0 Å². The molecule has 1 heterocycles. The van der Waals surface area contributed by atoms with E-state index in [1.54, 1.807) is 0 Å². The zero-order valence-electron chi connectivity index (χ0n) is 15.7. The Labute approximate surface area is 164 Å². The van der Waals surface area contributed by atoms with Crippen LogP contribution in [0.4, 0.5) is 26.3 Å². The molecular weight excluding hydrogens is 400 g/mol. The van der Waals surface area contributed by atoms with Crippen LogP contribution in [-0.4, -0.2) is 55.0 Å². The van der Waals surface area contributed by atoms with Crippen molar-refractivity contribution in [3.8, 4) is 0 Å². The molecule has 29 heavy (non-hydrogen) atoms. The summed E-state index contributed by atoms with van der Waals surface area (Å²) in [5.41, 5.74) is -3.22. The third kappa shape index (κ3) is 4.85. The van der Waals surface area contributed by atoms with Crippen LogP contribution in [0.25, 0.3) is 0 Å². The Bertz CT molecular complexity index is 736. The zero-order valence-corrected chi connectivity index (χ0v) is 15.7. The monoisotopic (exact) mass is 423 g/mol. The van der Waals surface area contributed by atoms with E-state index in [2.05, 4.69) is 10.6 Å². The summed E-state index contributed by atoms with van der Waals surface area (Å²) in [6, 6.07) is 2.32. The summed E-state index contributed by atoms with van der Waals surface area (Å²) in [5, 5.41) is 5.56. The van der Waals surface area contributed by atoms with Crippen molar-refractivity contribution in [1.82, 2.24) is 15.5 Å². The first-order valence-corrected chi connectivity index (χ1v) is 9.52. The highest BCUT2D eigenvalue weighted by Crippen LogP contribution is 2.41. The number of hydrogen-bond acceptors (Lipinski definition) is 3. The van der Waals surface area contributed by atoms with Crippen LogP contribution in [0.2, 0.25) is 0 Å². The topological polar surface area (TPSA) is 44.4 Å². The predicted octanol–water partition coefficient (Wildman–Crippen LogP) is 3.43. The number of nitrogens with zero attached hydrogens (tertiary/aromatic N) is 1. The molecule has 0 unspecified atom stereocenters. The van der Waals surface area contributed by atoms with E-state index in [0.717, 1.165) is 12.1 Å². The fourth-order valence-corrected chi connectivity index (χ4v) is 4.15. The van der Waals surface area contributed by atoms with E-state index in [9.17, 15) is 31.1 Å². The van der Waals surface area contributed by atoms with E-state index in [-0.39, 0.29) is 32.2 Å². The minimum Gasteiger partial charge on any atom is -0.350 e. The smallest absolute Gasteiger partial charge is 0.350 e. The summed E-state index contributed by atoms with van der Waals surface area (Å²) >= 11 is 0. The largest absolute Gasteiger partial charge is 0.417 e. The molecule has 162 valence electrons. The van der Waals surface area contributed by atoms with Gasteiger partial charge >= 0.3 is 6.18 Å². The van der Waals surface area contributed by atoms with Gasteiger partial charge in [-0.15, -0.1) is 0 Å². The number of rotatable bonds is 4. The van der Waals surface area contributed by atoms with Crippen molar-refractivity contribution in [3.05, 3.63) is 35.1 Å². The summed E-state index contributed by atoms with van der Waals surface area (Å²) in [4.78, 5) is 14.5. The summed E-state index contributed by atoms with van der Waals surface area (Å²) in [7, 11) is 0. The van der Waals surface area contributed by atoms with Gasteiger partial charge in [-0.25, -0.2) is 13.2 Å². The van der Waals surface area contributed by atoms with Crippen molar-refractivity contribution >= 4 is 5.91 Å². The summed E-state index contributed by atoms with van der Waals surface area (Å²) < 4.78 is 81.1. The lowest BCUT2D eigenvalue weighted by atomic mass is 9.78. The molecule has 4 nitrogen and oxygen atoms in total. The molecule has 1 aliphatic carbocycles. The van der Waals surface area contributed by atoms with Crippen molar-refractivity contribution in [2.45, 2.75) is 43.3 Å². The Morgan fingerprint density at radius 2 is 1.72 bits per heavy atom. The van der Waals surface area contributed by atoms with E-state index >= 15 is 0 Å². The van der Waals surface area contributed by atoms with E-state index in [1.165, 1.54) is 0 Å². The van der Waals surface area contributed by atoms with Crippen LogP contribution < -0.4 is 10.6 Å². The van der Waals surface area contributed by atoms with Gasteiger partial charge in [-0.1, -0.05) is 6.07 Å². The van der Waals surface area contributed by atoms with Crippen molar-refractivity contribution in [1.29, 1.82) is 0 Å². The molecular formula is C19H23F6N3O. The van der Waals surface area contributed by atoms with Crippen LogP contribution in [0.1, 0.15) is 41.6 Å². The van der Waals surface area contributed by atoms with Gasteiger partial charge < -0.3 is 10.6 Å². The van der Waals surface area contributed by atoms with Crippen LogP contribution in [0, 0.1) is 5.82 Å². The van der Waals surface area contributed by atoms with Gasteiger partial charge in [0, 0.05) is 51.1 Å². The van der Waals surface area contributed by atoms with Gasteiger partial charge in [0.15, 0.2) is 0 Å². The highest BCUT2D eigenvalue weighted by molar-refractivity contribution is 5.96. The predicted molar refractivity (Wildman–Crippen MR) is 94.3 cm³/mol. The lowest BCUT2D eigenvalue weighted by molar-refractivity contribution is -0.138. The molecule has 3 rings (SSSR count). The van der Waals surface area contributed by atoms with Gasteiger partial charge in [-0.2, -0.15) is 13.2 Å². The molecule has 0 spiro atoms. The number of halogens is 6. The molecule has 0 aromatic heterocycles. The lowest BCUT2D eigenvalue weighted by Crippen LogP contribution is -2.62. The van der Waals surface area contributed by atoms with Gasteiger partial charge in [-0.3, -0.25) is 9.69 Å². The van der Waals surface area contributed by atoms with Crippen LogP contribution in [0.5, 0.6) is 0 Å². The maximum absolute atomic E-state index is 14.1. The normalized spacial score (nSPS) is 22.3. The van der Waals surface area contributed by atoms with Crippen molar-refractivity contribution in [2.75, 3.05) is 32.7 Å². The molecule has 1 saturated carbocycles. The molecule has 1 aromatic carbocycles. The first kappa shape index (κ1) is 21.9. The molecule has 1 amide bonds. The molecule has 1 aliphatic heterocycles. The molecule has 2 fully saturated rings. The van der Waals surface area contributed by atoms with Crippen molar-refractivity contribution in [2.24, 2.45) is 0 Å². The summed E-state index contributed by atoms with van der Waals surface area (Å²) in [6.07, 6.45) is -5.41. The van der Waals surface area contributed by atoms with E-state index in [0.29, 0.717) is 32.2 Å². The second kappa shape index (κ2) is 8.14. The Morgan fingerprint density at radius 1 is 1.10 bits per heavy atom. The number of benzene rings is 1. The molecule has 0 radical (unpaired) electrons. The number of nitrogens with one attached hydrogen (secondary N) is 2. The standard InChI is InChI=1S/C19H23F6N3O/c20-14-3-1-2-13(19(23,24)25)15(14)16(29)27-12-17(28-10-8-26-9-11-28)4-6-18(21,22)7-5-17/h1-3,26H,4-12H2,(H,27,29). The number of amides is 1. The second-order valence-electron chi connectivity index (χ2n) is 7.66. The molecule has 2 aliphatic rings. The quantitative estimate of drug-likeness (QED) is 0.730. The van der Waals surface area contributed by atoms with E-state index in [1.807, 2.05) is 4.90 Å². The average molecular weight is 423 g/mol. The zero-order chi connectivity index (χ0) is 21.3. The highest BCUT2D eigenvalue weighted by atomic mass is 19.4. The Hall–Kier alpha value is -1.81. The molecule has 0 atom stereocenters. The Morgan fingerprint density at radius 3 is 2.31 bits per heavy atom. The lowest BCUT2D eigenvalue weighted by Gasteiger charge is -2.49. The SMILES string of the molecule is O=C(NCC1(N2CCNCC2)CCC(F)(F)CC1)c1c(F)cccc1C(F)(F)F. The molecule has 0 bridgehead atoms. The van der Waals surface area contributed by atoms with Crippen molar-refractivity contribution in [3.63, 3.8) is 0 Å². The van der Waals surface area contributed by atoms with Gasteiger partial charge in [0.1, 0.15) is 5.82 Å². The maximum Gasteiger partial charge on any atom is 0.417 e. The van der Waals surface area contributed by atoms with Gasteiger partial charge in [0.2, 0.25) is 5.92 Å². The first-order chi connectivity index (χ1) is 13.5. The number of carbonyl (C=O) groups excluding carboxylic acids is 1. The third-order valence-electron chi connectivity index (χ3n) is 5.82. The molecule has 1 saturated heterocycles. The summed E-state index contributed by atoms with van der Waals surface area (Å²) in [6.45, 7) is 2.34. The van der Waals surface area contributed by atoms with Gasteiger partial charge in [0.25, 0.3) is 5.91 Å².